The molecular formula is C57H67N7O10. The second-order valence-electron chi connectivity index (χ2n) is 18.9. The summed E-state index contributed by atoms with van der Waals surface area (Å²) in [6.45, 7) is 7.98. The van der Waals surface area contributed by atoms with Gasteiger partial charge in [0.25, 0.3) is 11.8 Å². The summed E-state index contributed by atoms with van der Waals surface area (Å²) >= 11 is 0. The first-order valence-electron chi connectivity index (χ1n) is 25.2. The molecule has 0 saturated carbocycles. The molecule has 0 bridgehead atoms. The monoisotopic (exact) mass is 1010 g/mol. The zero-order valence-electron chi connectivity index (χ0n) is 42.8. The maximum absolute atomic E-state index is 13.7. The van der Waals surface area contributed by atoms with E-state index in [0.717, 1.165) is 16.7 Å². The molecule has 7 rings (SSSR count). The van der Waals surface area contributed by atoms with Gasteiger partial charge in [0.15, 0.2) is 23.1 Å². The number of hydrogen-bond donors (Lipinski definition) is 4. The van der Waals surface area contributed by atoms with E-state index in [0.29, 0.717) is 104 Å². The molecule has 390 valence electrons. The van der Waals surface area contributed by atoms with Crippen molar-refractivity contribution in [2.45, 2.75) is 77.9 Å². The molecule has 0 spiro atoms. The average Bonchev–Trinajstić information content (AvgIpc) is 3.71. The molecule has 17 heteroatoms. The first-order valence-corrected chi connectivity index (χ1v) is 25.2. The van der Waals surface area contributed by atoms with Crippen LogP contribution in [0.1, 0.15) is 95.2 Å². The maximum Gasteiger partial charge on any atom is 0.257 e. The van der Waals surface area contributed by atoms with Crippen LogP contribution in [0, 0.1) is 11.8 Å². The molecule has 0 fully saturated rings. The number of methoxy groups -OCH3 is 1. The second kappa shape index (κ2) is 26.0. The molecule has 0 saturated heterocycles. The Kier molecular flexibility index (Phi) is 19.0. The number of hydrogen-bond acceptors (Lipinski definition) is 12. The van der Waals surface area contributed by atoms with Gasteiger partial charge in [-0.25, -0.2) is 0 Å². The molecule has 74 heavy (non-hydrogen) atoms. The molecule has 4 amide bonds. The molecule has 4 aromatic carbocycles. The number of nitrogens with two attached hydrogens (primary N) is 1. The number of aromatic nitrogens is 1. The summed E-state index contributed by atoms with van der Waals surface area (Å²) in [6, 6.07) is 26.7. The van der Waals surface area contributed by atoms with Crippen molar-refractivity contribution < 1.29 is 47.7 Å². The number of anilines is 2. The Morgan fingerprint density at radius 3 is 2.19 bits per heavy atom. The number of unbranched alkanes of at least 4 members (excludes halogenated alkanes) is 1. The lowest BCUT2D eigenvalue weighted by atomic mass is 9.92. The van der Waals surface area contributed by atoms with Crippen LogP contribution >= 0.6 is 0 Å². The van der Waals surface area contributed by atoms with Gasteiger partial charge >= 0.3 is 0 Å². The smallest absolute Gasteiger partial charge is 0.257 e. The van der Waals surface area contributed by atoms with Gasteiger partial charge in [-0.2, -0.15) is 0 Å². The molecular weight excluding hydrogens is 943 g/mol. The van der Waals surface area contributed by atoms with Gasteiger partial charge in [0.1, 0.15) is 0 Å². The number of Topliss-reactive ketones (excluding diaryl/α,β-unsaturated/α-hetero) is 2. The molecule has 17 nitrogen and oxygen atoms in total. The minimum absolute atomic E-state index is 0.0444. The predicted octanol–water partition coefficient (Wildman–Crippen LogP) is 7.72. The normalized spacial score (nSPS) is 14.5. The Hall–Kier alpha value is -7.47. The van der Waals surface area contributed by atoms with Crippen LogP contribution in [0.15, 0.2) is 102 Å². The number of nitrogens with one attached hydrogen (secondary N) is 3. The van der Waals surface area contributed by atoms with E-state index < -0.39 is 12.0 Å². The summed E-state index contributed by atoms with van der Waals surface area (Å²) in [5.74, 6) is -1.27. The Morgan fingerprint density at radius 1 is 0.784 bits per heavy atom. The highest BCUT2D eigenvalue weighted by Crippen LogP contribution is 2.38. The summed E-state index contributed by atoms with van der Waals surface area (Å²) in [4.78, 5) is 85.8. The van der Waals surface area contributed by atoms with Gasteiger partial charge in [0.2, 0.25) is 11.8 Å². The zero-order chi connectivity index (χ0) is 52.7. The number of nitrogens with zero attached hydrogens (tertiary/aromatic N) is 3. The van der Waals surface area contributed by atoms with Gasteiger partial charge in [-0.15, -0.1) is 0 Å². The fraction of sp³-hybridized carbons (Fsp3) is 0.386. The number of carbonyl (C=O) groups is 6. The highest BCUT2D eigenvalue weighted by Gasteiger charge is 2.33. The minimum Gasteiger partial charge on any atom is -0.493 e. The molecule has 0 radical (unpaired) electrons. The van der Waals surface area contributed by atoms with Gasteiger partial charge in [-0.05, 0) is 83.8 Å². The van der Waals surface area contributed by atoms with Gasteiger partial charge in [-0.1, -0.05) is 69.3 Å². The fourth-order valence-corrected chi connectivity index (χ4v) is 8.92. The third kappa shape index (κ3) is 14.2. The molecule has 1 aromatic heterocycles. The van der Waals surface area contributed by atoms with E-state index in [2.05, 4.69) is 28.1 Å². The second-order valence-corrected chi connectivity index (χ2v) is 18.9. The van der Waals surface area contributed by atoms with E-state index >= 15 is 0 Å². The van der Waals surface area contributed by atoms with Crippen molar-refractivity contribution in [3.63, 3.8) is 0 Å². The summed E-state index contributed by atoms with van der Waals surface area (Å²) < 4.78 is 24.1. The Morgan fingerprint density at radius 2 is 1.49 bits per heavy atom. The number of rotatable bonds is 26. The highest BCUT2D eigenvalue weighted by molar-refractivity contribution is 6.06. The van der Waals surface area contributed by atoms with Crippen LogP contribution in [-0.2, 0) is 43.9 Å². The molecule has 3 atom stereocenters. The molecule has 5 aromatic rings. The van der Waals surface area contributed by atoms with E-state index in [9.17, 15) is 28.8 Å². The number of ether oxygens (including phenoxy) is 4. The average molecular weight is 1010 g/mol. The first kappa shape index (κ1) is 54.3. The Labute approximate surface area is 432 Å². The van der Waals surface area contributed by atoms with Crippen LogP contribution in [0.2, 0.25) is 0 Å². The van der Waals surface area contributed by atoms with E-state index in [1.165, 1.54) is 12.7 Å². The number of benzene rings is 4. The third-order valence-corrected chi connectivity index (χ3v) is 13.1. The molecule has 2 aliphatic rings. The summed E-state index contributed by atoms with van der Waals surface area (Å²) in [6.07, 6.45) is 5.72. The quantitative estimate of drug-likeness (QED) is 0.0310. The van der Waals surface area contributed by atoms with Crippen LogP contribution in [0.25, 0.3) is 11.1 Å². The topological polar surface area (TPSA) is 222 Å². The van der Waals surface area contributed by atoms with E-state index in [1.54, 1.807) is 67.2 Å². The molecule has 5 N–H and O–H groups in total. The molecule has 0 aliphatic carbocycles. The lowest BCUT2D eigenvalue weighted by Crippen LogP contribution is -2.45. The molecule has 0 unspecified atom stereocenters. The highest BCUT2D eigenvalue weighted by atomic mass is 16.5. The maximum atomic E-state index is 13.7. The van der Waals surface area contributed by atoms with Crippen molar-refractivity contribution in [2.24, 2.45) is 29.6 Å². The van der Waals surface area contributed by atoms with Crippen molar-refractivity contribution in [1.82, 2.24) is 14.8 Å². The lowest BCUT2D eigenvalue weighted by molar-refractivity contribution is -0.131. The zero-order valence-corrected chi connectivity index (χ0v) is 42.8. The molecule has 3 heterocycles. The Balaban J connectivity index is 0.833. The van der Waals surface area contributed by atoms with Crippen molar-refractivity contribution in [2.75, 3.05) is 57.3 Å². The summed E-state index contributed by atoms with van der Waals surface area (Å²) in [5.41, 5.74) is 12.4. The number of aliphatic imine (C=N–C) groups is 1. The summed E-state index contributed by atoms with van der Waals surface area (Å²) in [7, 11) is 3.30. The molecule has 2 aliphatic heterocycles. The van der Waals surface area contributed by atoms with Gasteiger partial charge in [0, 0.05) is 75.0 Å². The van der Waals surface area contributed by atoms with Crippen LogP contribution in [0.3, 0.4) is 0 Å². The van der Waals surface area contributed by atoms with Crippen LogP contribution in [-0.4, -0.2) is 110 Å². The van der Waals surface area contributed by atoms with E-state index in [-0.39, 0.29) is 73.0 Å². The van der Waals surface area contributed by atoms with Crippen molar-refractivity contribution in [3.8, 4) is 22.6 Å². The van der Waals surface area contributed by atoms with Crippen LogP contribution in [0.4, 0.5) is 17.1 Å². The van der Waals surface area contributed by atoms with Crippen molar-refractivity contribution >= 4 is 58.5 Å². The van der Waals surface area contributed by atoms with Crippen LogP contribution < -0.4 is 31.2 Å². The SMILES string of the molecule is COc1cc2c(cc1OCCCCC(=O)c1cc(NC(=O)c3ccc(-c4ccc(NC(=O)[C@H](C)CC(=O)[C@@H](NC(=O)CCOCCOCCN)C(C)C)cc4)cc3)cn1C)N=C[C@@H]1Cc3ccccc3CN1C2=O. The first-order chi connectivity index (χ1) is 35.7. The van der Waals surface area contributed by atoms with Gasteiger partial charge < -0.3 is 50.1 Å². The third-order valence-electron chi connectivity index (χ3n) is 13.1. The fourth-order valence-electron chi connectivity index (χ4n) is 8.92. The summed E-state index contributed by atoms with van der Waals surface area (Å²) in [5, 5.41) is 8.58. The largest absolute Gasteiger partial charge is 0.493 e. The predicted molar refractivity (Wildman–Crippen MR) is 283 cm³/mol. The van der Waals surface area contributed by atoms with Gasteiger partial charge in [-0.3, -0.25) is 33.8 Å². The van der Waals surface area contributed by atoms with Crippen molar-refractivity contribution in [1.29, 1.82) is 0 Å². The number of aryl methyl sites for hydroxylation is 1. The number of amides is 4. The number of ketones is 2. The standard InChI is InChI=1S/C57H67N7O10/c1-36(2)54(62-53(67)21-24-72-26-27-73-25-22-58)50(66)28-37(3)55(68)60-43-19-17-39(18-20-43)38-13-15-40(16-14-38)56(69)61-44-30-48(63(4)35-44)49(65)12-8-9-23-74-52-32-47-46(31-51(52)71-5)57(70)64-34-42-11-7-6-10-41(42)29-45(64)33-59-47/h6-7,10-11,13-20,30-33,35-37,45,54H,8-9,12,21-29,34,58H2,1-5H3,(H,60,68)(H,61,69)(H,62,67)/t37-,45+,54+/m1/s1. The van der Waals surface area contributed by atoms with E-state index in [1.807, 2.05) is 61.4 Å². The van der Waals surface area contributed by atoms with E-state index in [4.69, 9.17) is 29.7 Å². The lowest BCUT2D eigenvalue weighted by Gasteiger charge is -2.34. The Bertz CT molecular complexity index is 2820. The number of carbonyl (C=O) groups excluding carboxylic acids is 6. The van der Waals surface area contributed by atoms with Crippen molar-refractivity contribution in [3.05, 3.63) is 125 Å². The van der Waals surface area contributed by atoms with Crippen LogP contribution in [0.5, 0.6) is 11.5 Å². The van der Waals surface area contributed by atoms with Gasteiger partial charge in [0.05, 0.1) is 74.9 Å². The minimum atomic E-state index is -0.736. The number of fused-ring (bicyclic) bond motifs is 3.